The zero-order valence-electron chi connectivity index (χ0n) is 12.9. The van der Waals surface area contributed by atoms with Crippen LogP contribution < -0.4 is 0 Å². The van der Waals surface area contributed by atoms with E-state index in [1.807, 2.05) is 13.8 Å². The van der Waals surface area contributed by atoms with Crippen molar-refractivity contribution in [1.29, 1.82) is 0 Å². The lowest BCUT2D eigenvalue weighted by atomic mass is 10.0. The largest absolute Gasteiger partial charge is 0.465 e. The molecule has 5 nitrogen and oxygen atoms in total. The molecule has 1 atom stereocenters. The van der Waals surface area contributed by atoms with Gasteiger partial charge in [-0.15, -0.1) is 0 Å². The lowest BCUT2D eigenvalue weighted by molar-refractivity contribution is -0.147. The standard InChI is InChI=1S/C15H23NO4S/c1-5-20-15(17)14(11-12(2)3)16(4)21(18,19)13-9-7-6-8-10-13/h6-10,12,14H,5,11H2,1-4H3/t14-/m0/s1. The predicted molar refractivity (Wildman–Crippen MR) is 81.3 cm³/mol. The second-order valence-electron chi connectivity index (χ2n) is 5.23. The van der Waals surface area contributed by atoms with Crippen LogP contribution in [-0.2, 0) is 19.6 Å². The molecule has 0 spiro atoms. The molecule has 0 aromatic heterocycles. The highest BCUT2D eigenvalue weighted by Crippen LogP contribution is 2.20. The van der Waals surface area contributed by atoms with Gasteiger partial charge in [0.1, 0.15) is 6.04 Å². The molecule has 0 saturated heterocycles. The van der Waals surface area contributed by atoms with Crippen LogP contribution in [0.2, 0.25) is 0 Å². The van der Waals surface area contributed by atoms with Crippen molar-refractivity contribution in [3.8, 4) is 0 Å². The number of nitrogens with zero attached hydrogens (tertiary/aromatic N) is 1. The molecule has 0 saturated carbocycles. The maximum Gasteiger partial charge on any atom is 0.324 e. The third-order valence-electron chi connectivity index (χ3n) is 3.11. The Kier molecular flexibility index (Phi) is 6.36. The fourth-order valence-corrected chi connectivity index (χ4v) is 3.35. The van der Waals surface area contributed by atoms with Gasteiger partial charge in [0.15, 0.2) is 0 Å². The molecule has 0 aliphatic carbocycles. The Labute approximate surface area is 127 Å². The second kappa shape index (κ2) is 7.56. The summed E-state index contributed by atoms with van der Waals surface area (Å²) in [7, 11) is -2.29. The summed E-state index contributed by atoms with van der Waals surface area (Å²) in [6.07, 6.45) is 0.418. The topological polar surface area (TPSA) is 63.7 Å². The molecule has 0 aliphatic heterocycles. The summed E-state index contributed by atoms with van der Waals surface area (Å²) < 4.78 is 31.3. The summed E-state index contributed by atoms with van der Waals surface area (Å²) >= 11 is 0. The Morgan fingerprint density at radius 2 is 1.81 bits per heavy atom. The van der Waals surface area contributed by atoms with Crippen molar-refractivity contribution in [1.82, 2.24) is 4.31 Å². The molecule has 0 bridgehead atoms. The Morgan fingerprint density at radius 1 is 1.24 bits per heavy atom. The summed E-state index contributed by atoms with van der Waals surface area (Å²) in [6.45, 7) is 5.81. The van der Waals surface area contributed by atoms with Crippen molar-refractivity contribution in [2.24, 2.45) is 5.92 Å². The minimum absolute atomic E-state index is 0.172. The highest BCUT2D eigenvalue weighted by atomic mass is 32.2. The van der Waals surface area contributed by atoms with Crippen LogP contribution in [0.3, 0.4) is 0 Å². The first kappa shape index (κ1) is 17.7. The van der Waals surface area contributed by atoms with Gasteiger partial charge in [0.25, 0.3) is 0 Å². The Bertz CT molecular complexity index is 554. The second-order valence-corrected chi connectivity index (χ2v) is 7.23. The Balaban J connectivity index is 3.09. The van der Waals surface area contributed by atoms with Crippen molar-refractivity contribution in [3.63, 3.8) is 0 Å². The number of hydrogen-bond acceptors (Lipinski definition) is 4. The first-order chi connectivity index (χ1) is 9.80. The minimum atomic E-state index is -3.71. The number of benzene rings is 1. The van der Waals surface area contributed by atoms with Crippen LogP contribution in [0, 0.1) is 5.92 Å². The lowest BCUT2D eigenvalue weighted by Gasteiger charge is -2.27. The number of carbonyl (C=O) groups is 1. The number of hydrogen-bond donors (Lipinski definition) is 0. The zero-order valence-corrected chi connectivity index (χ0v) is 13.8. The number of likely N-dealkylation sites (N-methyl/N-ethyl adjacent to an activating group) is 1. The highest BCUT2D eigenvalue weighted by Gasteiger charge is 2.34. The van der Waals surface area contributed by atoms with Gasteiger partial charge in [0.05, 0.1) is 11.5 Å². The SMILES string of the molecule is CCOC(=O)[C@H](CC(C)C)N(C)S(=O)(=O)c1ccccc1. The van der Waals surface area contributed by atoms with Gasteiger partial charge >= 0.3 is 5.97 Å². The van der Waals surface area contributed by atoms with Crippen LogP contribution in [0.1, 0.15) is 27.2 Å². The van der Waals surface area contributed by atoms with Gasteiger partial charge < -0.3 is 4.74 Å². The average Bonchev–Trinajstić information content (AvgIpc) is 2.45. The molecule has 0 N–H and O–H groups in total. The van der Waals surface area contributed by atoms with E-state index < -0.39 is 22.0 Å². The molecule has 118 valence electrons. The maximum atomic E-state index is 12.6. The van der Waals surface area contributed by atoms with Crippen LogP contribution >= 0.6 is 0 Å². The van der Waals surface area contributed by atoms with E-state index in [0.717, 1.165) is 4.31 Å². The molecule has 1 aromatic carbocycles. The van der Waals surface area contributed by atoms with Gasteiger partial charge in [0.2, 0.25) is 10.0 Å². The molecule has 1 aromatic rings. The Morgan fingerprint density at radius 3 is 2.29 bits per heavy atom. The summed E-state index contributed by atoms with van der Waals surface area (Å²) in [5, 5.41) is 0. The third kappa shape index (κ3) is 4.54. The van der Waals surface area contributed by atoms with Crippen molar-refractivity contribution in [2.75, 3.05) is 13.7 Å². The smallest absolute Gasteiger partial charge is 0.324 e. The minimum Gasteiger partial charge on any atom is -0.465 e. The quantitative estimate of drug-likeness (QED) is 0.725. The lowest BCUT2D eigenvalue weighted by Crippen LogP contribution is -2.44. The van der Waals surface area contributed by atoms with E-state index in [9.17, 15) is 13.2 Å². The fourth-order valence-electron chi connectivity index (χ4n) is 2.00. The van der Waals surface area contributed by atoms with Crippen molar-refractivity contribution in [2.45, 2.75) is 38.1 Å². The van der Waals surface area contributed by atoms with Gasteiger partial charge in [-0.3, -0.25) is 4.79 Å². The highest BCUT2D eigenvalue weighted by molar-refractivity contribution is 7.89. The van der Waals surface area contributed by atoms with E-state index >= 15 is 0 Å². The van der Waals surface area contributed by atoms with Crippen LogP contribution in [0.15, 0.2) is 35.2 Å². The fraction of sp³-hybridized carbons (Fsp3) is 0.533. The van der Waals surface area contributed by atoms with E-state index in [2.05, 4.69) is 0 Å². The van der Waals surface area contributed by atoms with Gasteiger partial charge in [-0.1, -0.05) is 32.0 Å². The summed E-state index contributed by atoms with van der Waals surface area (Å²) in [5.74, 6) is -0.332. The molecule has 0 radical (unpaired) electrons. The monoisotopic (exact) mass is 313 g/mol. The van der Waals surface area contributed by atoms with Crippen LogP contribution in [0.4, 0.5) is 0 Å². The normalized spacial score (nSPS) is 13.4. The van der Waals surface area contributed by atoms with E-state index in [4.69, 9.17) is 4.74 Å². The van der Waals surface area contributed by atoms with E-state index in [1.165, 1.54) is 19.2 Å². The van der Waals surface area contributed by atoms with Crippen molar-refractivity contribution < 1.29 is 17.9 Å². The molecule has 0 fully saturated rings. The molecule has 0 amide bonds. The van der Waals surface area contributed by atoms with Gasteiger partial charge in [-0.25, -0.2) is 8.42 Å². The van der Waals surface area contributed by atoms with Crippen LogP contribution in [0.5, 0.6) is 0 Å². The van der Waals surface area contributed by atoms with Crippen LogP contribution in [0.25, 0.3) is 0 Å². The van der Waals surface area contributed by atoms with E-state index in [0.29, 0.717) is 6.42 Å². The molecule has 0 unspecified atom stereocenters. The van der Waals surface area contributed by atoms with E-state index in [-0.39, 0.29) is 17.4 Å². The van der Waals surface area contributed by atoms with Crippen LogP contribution in [-0.4, -0.2) is 38.4 Å². The average molecular weight is 313 g/mol. The zero-order chi connectivity index (χ0) is 16.0. The predicted octanol–water partition coefficient (Wildman–Crippen LogP) is 2.28. The number of carbonyl (C=O) groups excluding carboxylic acids is 1. The van der Waals surface area contributed by atoms with Gasteiger partial charge in [-0.2, -0.15) is 4.31 Å². The molecule has 6 heteroatoms. The molecule has 0 heterocycles. The maximum absolute atomic E-state index is 12.6. The summed E-state index contributed by atoms with van der Waals surface area (Å²) in [4.78, 5) is 12.2. The number of sulfonamides is 1. The molecular weight excluding hydrogens is 290 g/mol. The van der Waals surface area contributed by atoms with Crippen molar-refractivity contribution in [3.05, 3.63) is 30.3 Å². The van der Waals surface area contributed by atoms with Gasteiger partial charge in [0, 0.05) is 7.05 Å². The summed E-state index contributed by atoms with van der Waals surface area (Å²) in [6, 6.07) is 7.28. The number of rotatable bonds is 7. The third-order valence-corrected chi connectivity index (χ3v) is 4.99. The first-order valence-corrected chi connectivity index (χ1v) is 8.44. The van der Waals surface area contributed by atoms with E-state index in [1.54, 1.807) is 25.1 Å². The van der Waals surface area contributed by atoms with Gasteiger partial charge in [-0.05, 0) is 31.4 Å². The number of esters is 1. The molecule has 21 heavy (non-hydrogen) atoms. The Hall–Kier alpha value is -1.40. The molecule has 1 rings (SSSR count). The number of ether oxygens (including phenoxy) is 1. The molecular formula is C15H23NO4S. The first-order valence-electron chi connectivity index (χ1n) is 7.00. The summed E-state index contributed by atoms with van der Waals surface area (Å²) in [5.41, 5.74) is 0. The van der Waals surface area contributed by atoms with Crippen molar-refractivity contribution >= 4 is 16.0 Å². The molecule has 0 aliphatic rings.